The maximum atomic E-state index is 13.6. The molecule has 0 unspecified atom stereocenters. The Morgan fingerprint density at radius 1 is 0.731 bits per heavy atom. The molecular weight excluding hydrogens is 1000 g/mol. The largest absolute Gasteiger partial charge is 0.463 e. The Balaban J connectivity index is 0. The minimum Gasteiger partial charge on any atom is -0.463 e. The van der Waals surface area contributed by atoms with E-state index < -0.39 is 71.2 Å². The van der Waals surface area contributed by atoms with Crippen molar-refractivity contribution in [1.29, 1.82) is 0 Å². The zero-order valence-electron chi connectivity index (χ0n) is 48.8. The maximum Gasteiger partial charge on any atom is 0.333 e. The molecule has 19 radical (unpaired) electrons. The second kappa shape index (κ2) is 36.7. The molecule has 15 nitrogen and oxygen atoms in total. The molecule has 3 rings (SSSR count). The lowest BCUT2D eigenvalue weighted by Gasteiger charge is -2.37. The van der Waals surface area contributed by atoms with Crippen LogP contribution < -0.4 is 10.5 Å². The zero-order chi connectivity index (χ0) is 61.2. The molecule has 397 valence electrons. The van der Waals surface area contributed by atoms with E-state index in [2.05, 4.69) is 27.7 Å². The van der Waals surface area contributed by atoms with Crippen molar-refractivity contribution < 1.29 is 37.1 Å². The first-order valence-corrected chi connectivity index (χ1v) is 27.3. The van der Waals surface area contributed by atoms with E-state index in [0.717, 1.165) is 8.98 Å². The fourth-order valence-electron chi connectivity index (χ4n) is 6.36. The van der Waals surface area contributed by atoms with Crippen LogP contribution in [0.4, 0.5) is 0 Å². The first-order valence-electron chi connectivity index (χ1n) is 25.4. The van der Waals surface area contributed by atoms with E-state index in [9.17, 15) is 27.6 Å². The van der Waals surface area contributed by atoms with Crippen molar-refractivity contribution in [1.82, 2.24) is 28.9 Å². The first kappa shape index (κ1) is 76.5. The predicted octanol–water partition coefficient (Wildman–Crippen LogP) is 1.14. The lowest BCUT2D eigenvalue weighted by molar-refractivity contribution is -0.139. The highest BCUT2D eigenvalue weighted by molar-refractivity contribution is 7.90. The second-order valence-corrected chi connectivity index (χ2v) is 23.2. The van der Waals surface area contributed by atoms with Gasteiger partial charge in [-0.1, -0.05) is 112 Å². The smallest absolute Gasteiger partial charge is 0.333 e. The van der Waals surface area contributed by atoms with Crippen LogP contribution in [-0.4, -0.2) is 216 Å². The minimum atomic E-state index is -4.24. The van der Waals surface area contributed by atoms with Crippen molar-refractivity contribution in [2.45, 2.75) is 126 Å². The monoisotopic (exact) mass is 1080 g/mol. The van der Waals surface area contributed by atoms with Gasteiger partial charge in [-0.3, -0.25) is 9.59 Å². The third-order valence-corrected chi connectivity index (χ3v) is 13.0. The third kappa shape index (κ3) is 27.7. The van der Waals surface area contributed by atoms with E-state index in [0.29, 0.717) is 28.8 Å². The highest BCUT2D eigenvalue weighted by Gasteiger charge is 2.40. The lowest BCUT2D eigenvalue weighted by Crippen LogP contribution is -2.57. The van der Waals surface area contributed by atoms with Crippen LogP contribution in [0, 0.1) is 22.7 Å². The van der Waals surface area contributed by atoms with Gasteiger partial charge in [0.05, 0.1) is 31.3 Å². The second-order valence-electron chi connectivity index (χ2n) is 21.1. The van der Waals surface area contributed by atoms with E-state index in [-0.39, 0.29) is 48.2 Å². The summed E-state index contributed by atoms with van der Waals surface area (Å²) >= 11 is 4.08. The molecule has 0 spiro atoms. The normalized spacial score (nSPS) is 13.1. The number of aromatic nitrogens is 3. The van der Waals surface area contributed by atoms with Crippen molar-refractivity contribution in [3.8, 4) is 0 Å². The van der Waals surface area contributed by atoms with E-state index >= 15 is 0 Å². The number of hydrogen-bond donors (Lipinski definition) is 3. The number of para-hydroxylation sites is 1. The number of nitrogens with one attached hydrogen (secondary N) is 1. The summed E-state index contributed by atoms with van der Waals surface area (Å²) in [6, 6.07) is 14.1. The molecule has 1 heterocycles. The molecule has 0 saturated carbocycles. The zero-order valence-corrected chi connectivity index (χ0v) is 50.5. The summed E-state index contributed by atoms with van der Waals surface area (Å²) in [7, 11) is 46.5. The van der Waals surface area contributed by atoms with E-state index in [1.807, 2.05) is 78.8 Å². The van der Waals surface area contributed by atoms with Crippen LogP contribution in [0.15, 0.2) is 82.8 Å². The number of benzene rings is 2. The molecule has 2 aromatic carbocycles. The van der Waals surface area contributed by atoms with Crippen molar-refractivity contribution in [3.05, 3.63) is 77.9 Å². The summed E-state index contributed by atoms with van der Waals surface area (Å²) in [5.74, 6) is -1.26. The Morgan fingerprint density at radius 3 is 1.45 bits per heavy atom. The molecule has 0 fully saturated rings. The summed E-state index contributed by atoms with van der Waals surface area (Å²) in [6.45, 7) is 26.4. The molecule has 3 N–H and O–H groups in total. The summed E-state index contributed by atoms with van der Waals surface area (Å²) in [6.07, 6.45) is 0.764. The van der Waals surface area contributed by atoms with Gasteiger partial charge in [-0.05, 0) is 79.8 Å². The SMILES string of the molecule is CCOC(=O)/C(C)=C/[C@H](C(C)C)N(C)C(=O)[C@@H](N)C(C)(C)C.CCOC(=O)/C(C)=C/[C@H](C(C)C)N(C)C(=O)[C@@H](NS(=O)(=O)n1nnc2ccccc21)C(C)(C)C.Sc1ccccc1.[B]B([B])B([B])B([B])[B].[B][B]B([B])B([B])[B]. The van der Waals surface area contributed by atoms with Gasteiger partial charge >= 0.3 is 22.1 Å². The molecule has 0 bridgehead atoms. The lowest BCUT2D eigenvalue weighted by atomic mass is 8.68. The molecule has 32 heteroatoms. The van der Waals surface area contributed by atoms with Crippen molar-refractivity contribution in [2.24, 2.45) is 28.4 Å². The number of esters is 2. The van der Waals surface area contributed by atoms with Gasteiger partial charge in [0.2, 0.25) is 11.8 Å². The van der Waals surface area contributed by atoms with Crippen LogP contribution in [0.1, 0.15) is 96.9 Å². The van der Waals surface area contributed by atoms with Gasteiger partial charge < -0.3 is 25.0 Å². The average molecular weight is 1080 g/mol. The quantitative estimate of drug-likeness (QED) is 0.0675. The Kier molecular flexibility index (Phi) is 36.0. The number of ether oxygens (including phenoxy) is 2. The number of hydrogen-bond acceptors (Lipinski definition) is 12. The van der Waals surface area contributed by atoms with Gasteiger partial charge in [-0.15, -0.1) is 21.8 Å². The Bertz CT molecular complexity index is 2440. The molecule has 0 aliphatic rings. The summed E-state index contributed by atoms with van der Waals surface area (Å²) in [5, 5.41) is 7.67. The number of fused-ring (bicyclic) bond motifs is 1. The fraction of sp³-hybridized carbons (Fsp3) is 0.565. The van der Waals surface area contributed by atoms with Gasteiger partial charge in [0.1, 0.15) is 17.1 Å². The number of carbonyl (C=O) groups excluding carboxylic acids is 4. The average Bonchev–Trinajstić information content (AvgIpc) is 3.80. The number of rotatable bonds is 19. The first-order chi connectivity index (χ1) is 35.8. The number of nitrogens with two attached hydrogens (primary N) is 1. The van der Waals surface area contributed by atoms with Crippen molar-refractivity contribution in [2.75, 3.05) is 27.3 Å². The highest BCUT2D eigenvalue weighted by Crippen LogP contribution is 2.26. The molecule has 3 aromatic rings. The van der Waals surface area contributed by atoms with Crippen LogP contribution in [0.25, 0.3) is 11.0 Å². The number of thiol groups is 1. The summed E-state index contributed by atoms with van der Waals surface area (Å²) < 4.78 is 39.8. The third-order valence-electron chi connectivity index (χ3n) is 11.4. The molecule has 4 atom stereocenters. The van der Waals surface area contributed by atoms with Gasteiger partial charge in [-0.25, -0.2) is 9.59 Å². The van der Waals surface area contributed by atoms with Crippen LogP contribution in [0.2, 0.25) is 0 Å². The van der Waals surface area contributed by atoms with E-state index in [4.69, 9.17) is 84.8 Å². The van der Waals surface area contributed by atoms with Crippen LogP contribution >= 0.6 is 12.6 Å². The van der Waals surface area contributed by atoms with Gasteiger partial charge in [0.15, 0.2) is 0 Å². The van der Waals surface area contributed by atoms with Gasteiger partial charge in [-0.2, -0.15) is 13.1 Å². The standard InChI is InChI=1S/C23H35N5O5S.C17H32N2O3.C6H6S.B8.B7/c1-9-33-22(30)16(4)14-19(15(2)3)27(8)21(29)20(23(5,6)7)25-34(31,32)28-18-13-11-10-12-17(18)24-26-28;1-9-22-16(21)12(4)10-13(11(2)3)19(8)15(20)14(18)17(5,6)7;7-6-4-2-1-3-5-6;1-6(2)8(5)7(3)4;1-5-7(4)6(2)3/h10-15,19-20,25H,9H2,1-8H3;10-11,13-14H,9,18H2,1-8H3;1-5,7H;;/b16-14+;12-10+;;;/t19-,20-;13-,14-;;;/m11.../s1. The molecule has 0 saturated heterocycles. The van der Waals surface area contributed by atoms with E-state index in [1.165, 1.54) is 12.0 Å². The molecule has 0 aliphatic heterocycles. The van der Waals surface area contributed by atoms with Crippen LogP contribution in [0.3, 0.4) is 0 Å². The highest BCUT2D eigenvalue weighted by atomic mass is 32.2. The summed E-state index contributed by atoms with van der Waals surface area (Å²) in [5.41, 5.74) is 6.59. The van der Waals surface area contributed by atoms with Crippen molar-refractivity contribution in [3.63, 3.8) is 0 Å². The fourth-order valence-corrected chi connectivity index (χ4v) is 7.93. The number of amides is 2. The molecular formula is C46H73B15N7O8S2. The number of likely N-dealkylation sites (N-methyl/N-ethyl adjacent to an activating group) is 2. The number of nitrogens with zero attached hydrogens (tertiary/aromatic N) is 5. The Morgan fingerprint density at radius 2 is 1.14 bits per heavy atom. The van der Waals surface area contributed by atoms with E-state index in [1.54, 1.807) is 104 Å². The van der Waals surface area contributed by atoms with Crippen LogP contribution in [0.5, 0.6) is 0 Å². The molecule has 2 amide bonds. The summed E-state index contributed by atoms with van der Waals surface area (Å²) in [4.78, 5) is 54.2. The van der Waals surface area contributed by atoms with Crippen molar-refractivity contribution >= 4 is 166 Å². The minimum absolute atomic E-state index is 0.0465. The van der Waals surface area contributed by atoms with Gasteiger partial charge in [0.25, 0.3) is 0 Å². The maximum absolute atomic E-state index is 13.6. The molecule has 1 aromatic heterocycles. The molecule has 78 heavy (non-hydrogen) atoms. The van der Waals surface area contributed by atoms with Gasteiger partial charge in [0, 0.05) is 139 Å². The number of carbonyl (C=O) groups is 4. The Hall–Kier alpha value is -3.61. The Labute approximate surface area is 489 Å². The van der Waals surface area contributed by atoms with Crippen LogP contribution in [-0.2, 0) is 38.9 Å². The molecule has 0 aliphatic carbocycles. The topological polar surface area (TPSA) is 196 Å². The predicted molar refractivity (Wildman–Crippen MR) is 339 cm³/mol.